The highest BCUT2D eigenvalue weighted by Crippen LogP contribution is 2.20. The first kappa shape index (κ1) is 16.5. The number of rotatable bonds is 8. The molecule has 22 heavy (non-hydrogen) atoms. The van der Waals surface area contributed by atoms with E-state index in [0.717, 1.165) is 18.7 Å². The first-order chi connectivity index (χ1) is 10.8. The maximum atomic E-state index is 11.6. The van der Waals surface area contributed by atoms with Gasteiger partial charge in [0.1, 0.15) is 5.82 Å². The zero-order valence-electron chi connectivity index (χ0n) is 13.1. The van der Waals surface area contributed by atoms with Crippen LogP contribution in [0.1, 0.15) is 44.9 Å². The Balaban J connectivity index is 1.72. The van der Waals surface area contributed by atoms with Gasteiger partial charge < -0.3 is 16.4 Å². The summed E-state index contributed by atoms with van der Waals surface area (Å²) in [5.74, 6) is 0.547. The van der Waals surface area contributed by atoms with Gasteiger partial charge in [-0.1, -0.05) is 11.6 Å². The van der Waals surface area contributed by atoms with Crippen LogP contribution in [0.4, 0.5) is 11.5 Å². The number of hydrogen-bond acceptors (Lipinski definition) is 4. The molecule has 0 radical (unpaired) electrons. The van der Waals surface area contributed by atoms with E-state index in [-0.39, 0.29) is 5.91 Å². The van der Waals surface area contributed by atoms with Gasteiger partial charge in [0.2, 0.25) is 5.91 Å². The number of nitrogens with two attached hydrogens (primary N) is 1. The molecular weight excluding hydrogens is 276 g/mol. The quantitative estimate of drug-likeness (QED) is 0.645. The van der Waals surface area contributed by atoms with Crippen molar-refractivity contribution in [3.8, 4) is 0 Å². The number of amides is 1. The average Bonchev–Trinajstić information content (AvgIpc) is 2.55. The second kappa shape index (κ2) is 9.20. The predicted molar refractivity (Wildman–Crippen MR) is 90.8 cm³/mol. The third-order valence-electron chi connectivity index (χ3n) is 3.80. The van der Waals surface area contributed by atoms with Crippen LogP contribution in [0, 0.1) is 0 Å². The van der Waals surface area contributed by atoms with Gasteiger partial charge in [-0.15, -0.1) is 0 Å². The fourth-order valence-corrected chi connectivity index (χ4v) is 2.54. The lowest BCUT2D eigenvalue weighted by atomic mass is 9.97. The smallest absolute Gasteiger partial charge is 0.225 e. The molecule has 120 valence electrons. The molecule has 1 aromatic rings. The van der Waals surface area contributed by atoms with Crippen LogP contribution < -0.4 is 16.4 Å². The summed E-state index contributed by atoms with van der Waals surface area (Å²) in [4.78, 5) is 15.8. The summed E-state index contributed by atoms with van der Waals surface area (Å²) in [6, 6.07) is 3.77. The first-order valence-electron chi connectivity index (χ1n) is 8.15. The molecular formula is C17H26N4O. The molecule has 2 rings (SSSR count). The Morgan fingerprint density at radius 2 is 2.23 bits per heavy atom. The number of hydrogen-bond donors (Lipinski definition) is 3. The summed E-state index contributed by atoms with van der Waals surface area (Å²) >= 11 is 0. The van der Waals surface area contributed by atoms with E-state index in [1.165, 1.54) is 25.7 Å². The van der Waals surface area contributed by atoms with Crippen molar-refractivity contribution in [1.82, 2.24) is 4.98 Å². The second-order valence-corrected chi connectivity index (χ2v) is 5.66. The van der Waals surface area contributed by atoms with Crippen LogP contribution >= 0.6 is 0 Å². The fraction of sp³-hybridized carbons (Fsp3) is 0.529. The highest BCUT2D eigenvalue weighted by molar-refractivity contribution is 5.89. The van der Waals surface area contributed by atoms with E-state index in [1.54, 1.807) is 11.8 Å². The topological polar surface area (TPSA) is 80.0 Å². The van der Waals surface area contributed by atoms with Crippen LogP contribution in [0.25, 0.3) is 0 Å². The molecule has 4 N–H and O–H groups in total. The van der Waals surface area contributed by atoms with Gasteiger partial charge in [0.15, 0.2) is 0 Å². The maximum absolute atomic E-state index is 11.6. The average molecular weight is 302 g/mol. The molecule has 1 heterocycles. The van der Waals surface area contributed by atoms with Gasteiger partial charge >= 0.3 is 0 Å². The Kier molecular flexibility index (Phi) is 6.90. The zero-order chi connectivity index (χ0) is 15.6. The Morgan fingerprint density at radius 1 is 1.32 bits per heavy atom. The van der Waals surface area contributed by atoms with Crippen LogP contribution in [-0.4, -0.2) is 24.0 Å². The van der Waals surface area contributed by atoms with Crippen molar-refractivity contribution < 1.29 is 4.79 Å². The number of allylic oxidation sites excluding steroid dienone is 1. The highest BCUT2D eigenvalue weighted by atomic mass is 16.1. The van der Waals surface area contributed by atoms with Gasteiger partial charge in [0.05, 0.1) is 11.9 Å². The molecule has 0 aromatic carbocycles. The normalized spacial score (nSPS) is 14.3. The standard InChI is InChI=1S/C17H26N4O/c18-11-4-7-17(22)21-16-9-8-15(13-20-16)19-12-10-14-5-2-1-3-6-14/h5,8-9,13,19H,1-4,6-7,10-12,18H2,(H,20,21,22). The van der Waals surface area contributed by atoms with Crippen molar-refractivity contribution >= 4 is 17.4 Å². The van der Waals surface area contributed by atoms with E-state index in [4.69, 9.17) is 5.73 Å². The van der Waals surface area contributed by atoms with Crippen molar-refractivity contribution in [3.05, 3.63) is 30.0 Å². The number of aromatic nitrogens is 1. The van der Waals surface area contributed by atoms with Crippen LogP contribution in [0.2, 0.25) is 0 Å². The van der Waals surface area contributed by atoms with Gasteiger partial charge in [-0.3, -0.25) is 4.79 Å². The SMILES string of the molecule is NCCCC(=O)Nc1ccc(NCCC2=CCCCC2)cn1. The number of carbonyl (C=O) groups excluding carboxylic acids is 1. The minimum absolute atomic E-state index is 0.0390. The van der Waals surface area contributed by atoms with Crippen molar-refractivity contribution in [2.75, 3.05) is 23.7 Å². The first-order valence-corrected chi connectivity index (χ1v) is 8.15. The molecule has 1 aromatic heterocycles. The predicted octanol–water partition coefficient (Wildman–Crippen LogP) is 3.06. The largest absolute Gasteiger partial charge is 0.383 e. The molecule has 0 aliphatic heterocycles. The molecule has 1 aliphatic rings. The number of nitrogens with zero attached hydrogens (tertiary/aromatic N) is 1. The van der Waals surface area contributed by atoms with E-state index >= 15 is 0 Å². The van der Waals surface area contributed by atoms with E-state index in [0.29, 0.717) is 25.2 Å². The lowest BCUT2D eigenvalue weighted by molar-refractivity contribution is -0.116. The van der Waals surface area contributed by atoms with Crippen molar-refractivity contribution in [2.24, 2.45) is 5.73 Å². The summed E-state index contributed by atoms with van der Waals surface area (Å²) in [6.45, 7) is 1.45. The molecule has 0 spiro atoms. The number of pyridine rings is 1. The van der Waals surface area contributed by atoms with Crippen LogP contribution in [-0.2, 0) is 4.79 Å². The molecule has 1 aliphatic carbocycles. The van der Waals surface area contributed by atoms with Gasteiger partial charge in [-0.2, -0.15) is 0 Å². The summed E-state index contributed by atoms with van der Waals surface area (Å²) in [5, 5.41) is 6.14. The monoisotopic (exact) mass is 302 g/mol. The summed E-state index contributed by atoms with van der Waals surface area (Å²) in [7, 11) is 0. The van der Waals surface area contributed by atoms with Crippen LogP contribution in [0.15, 0.2) is 30.0 Å². The molecule has 1 amide bonds. The van der Waals surface area contributed by atoms with Crippen molar-refractivity contribution in [1.29, 1.82) is 0 Å². The van der Waals surface area contributed by atoms with Crippen LogP contribution in [0.5, 0.6) is 0 Å². The molecule has 0 fully saturated rings. The third kappa shape index (κ3) is 5.85. The molecule has 0 unspecified atom stereocenters. The van der Waals surface area contributed by atoms with Crippen LogP contribution in [0.3, 0.4) is 0 Å². The molecule has 0 atom stereocenters. The zero-order valence-corrected chi connectivity index (χ0v) is 13.1. The Bertz CT molecular complexity index is 496. The van der Waals surface area contributed by atoms with Gasteiger partial charge in [0.25, 0.3) is 0 Å². The minimum Gasteiger partial charge on any atom is -0.383 e. The highest BCUT2D eigenvalue weighted by Gasteiger charge is 2.04. The van der Waals surface area contributed by atoms with E-state index < -0.39 is 0 Å². The maximum Gasteiger partial charge on any atom is 0.225 e. The van der Waals surface area contributed by atoms with Crippen molar-refractivity contribution in [2.45, 2.75) is 44.9 Å². The molecule has 0 bridgehead atoms. The summed E-state index contributed by atoms with van der Waals surface area (Å²) in [5.41, 5.74) is 7.93. The lowest BCUT2D eigenvalue weighted by Crippen LogP contribution is -2.14. The number of anilines is 2. The minimum atomic E-state index is -0.0390. The number of carbonyl (C=O) groups is 1. The van der Waals surface area contributed by atoms with Gasteiger partial charge in [-0.25, -0.2) is 4.98 Å². The van der Waals surface area contributed by atoms with E-state index in [9.17, 15) is 4.79 Å². The summed E-state index contributed by atoms with van der Waals surface area (Å²) < 4.78 is 0. The molecule has 5 nitrogen and oxygen atoms in total. The molecule has 0 saturated carbocycles. The van der Waals surface area contributed by atoms with E-state index in [2.05, 4.69) is 21.7 Å². The van der Waals surface area contributed by atoms with Crippen molar-refractivity contribution in [3.63, 3.8) is 0 Å². The Hall–Kier alpha value is -1.88. The lowest BCUT2D eigenvalue weighted by Gasteiger charge is -2.13. The van der Waals surface area contributed by atoms with Gasteiger partial charge in [-0.05, 0) is 57.2 Å². The summed E-state index contributed by atoms with van der Waals surface area (Å²) in [6.07, 6.45) is 11.5. The third-order valence-corrected chi connectivity index (χ3v) is 3.80. The number of nitrogens with one attached hydrogen (secondary N) is 2. The second-order valence-electron chi connectivity index (χ2n) is 5.66. The Morgan fingerprint density at radius 3 is 2.91 bits per heavy atom. The molecule has 5 heteroatoms. The fourth-order valence-electron chi connectivity index (χ4n) is 2.54. The van der Waals surface area contributed by atoms with E-state index in [1.807, 2.05) is 12.1 Å². The Labute approximate surface area is 132 Å². The van der Waals surface area contributed by atoms with Gasteiger partial charge in [0, 0.05) is 13.0 Å². The molecule has 0 saturated heterocycles.